The molecule has 0 spiro atoms. The first-order valence-corrected chi connectivity index (χ1v) is 9.48. The number of hydrogen-bond acceptors (Lipinski definition) is 0. The molecule has 0 saturated carbocycles. The van der Waals surface area contributed by atoms with Crippen molar-refractivity contribution < 1.29 is 65.9 Å². The topological polar surface area (TPSA) is 0 Å². The van der Waals surface area contributed by atoms with Gasteiger partial charge >= 0.3 is 0 Å². The maximum Gasteiger partial charge on any atom is 0.243 e. The summed E-state index contributed by atoms with van der Waals surface area (Å²) in [5.74, 6) is -41.9. The molecule has 37 heavy (non-hydrogen) atoms. The summed E-state index contributed by atoms with van der Waals surface area (Å²) < 4.78 is 215. The lowest BCUT2D eigenvalue weighted by Gasteiger charge is -2.41. The molecule has 2 atom stereocenters. The second-order valence-corrected chi connectivity index (χ2v) is 7.59. The van der Waals surface area contributed by atoms with Crippen LogP contribution in [0.3, 0.4) is 0 Å². The van der Waals surface area contributed by atoms with Crippen molar-refractivity contribution in [3.05, 3.63) is 94.1 Å². The fourth-order valence-electron chi connectivity index (χ4n) is 4.09. The fourth-order valence-corrected chi connectivity index (χ4v) is 4.09. The van der Waals surface area contributed by atoms with Crippen LogP contribution in [0.4, 0.5) is 65.9 Å². The minimum atomic E-state index is -4.28. The maximum atomic E-state index is 15.3. The smallest absolute Gasteiger partial charge is 0.239 e. The Morgan fingerprint density at radius 2 is 0.892 bits per heavy atom. The number of benzene rings is 2. The number of alkyl halides is 1. The summed E-state index contributed by atoms with van der Waals surface area (Å²) in [4.78, 5) is 0. The number of hydrogen-bond donors (Lipinski definition) is 0. The second-order valence-electron chi connectivity index (χ2n) is 7.59. The molecular formula is C21H6BF15. The van der Waals surface area contributed by atoms with E-state index in [4.69, 9.17) is 0 Å². The van der Waals surface area contributed by atoms with E-state index in [2.05, 4.69) is 6.58 Å². The van der Waals surface area contributed by atoms with Crippen LogP contribution in [-0.2, 0) is 0 Å². The molecule has 0 N–H and O–H groups in total. The van der Waals surface area contributed by atoms with E-state index in [1.54, 1.807) is 0 Å². The molecule has 0 nitrogen and oxygen atoms in total. The lowest BCUT2D eigenvalue weighted by Crippen LogP contribution is -2.61. The molecule has 0 saturated heterocycles. The van der Waals surface area contributed by atoms with Gasteiger partial charge in [0.1, 0.15) is 5.83 Å². The third kappa shape index (κ3) is 3.74. The molecule has 0 radical (unpaired) electrons. The highest BCUT2D eigenvalue weighted by Gasteiger charge is 2.62. The quantitative estimate of drug-likeness (QED) is 0.128. The van der Waals surface area contributed by atoms with Gasteiger partial charge < -0.3 is 0 Å². The fraction of sp³-hybridized carbons (Fsp3) is 0.143. The van der Waals surface area contributed by atoms with Crippen molar-refractivity contribution in [3.8, 4) is 0 Å². The summed E-state index contributed by atoms with van der Waals surface area (Å²) in [7, 11) is 0. The van der Waals surface area contributed by atoms with Crippen LogP contribution in [0.2, 0.25) is 5.31 Å². The van der Waals surface area contributed by atoms with Gasteiger partial charge in [0.05, 0.1) is 5.31 Å². The predicted molar refractivity (Wildman–Crippen MR) is 98.4 cm³/mol. The molecule has 0 aliphatic heterocycles. The average molecular weight is 554 g/mol. The minimum absolute atomic E-state index is 0.251. The molecule has 198 valence electrons. The zero-order valence-electron chi connectivity index (χ0n) is 17.3. The van der Waals surface area contributed by atoms with Crippen molar-refractivity contribution in [3.63, 3.8) is 0 Å². The van der Waals surface area contributed by atoms with Crippen molar-refractivity contribution in [1.82, 2.24) is 0 Å². The standard InChI is InChI=1S/C21H6BF15/c1-2-3-21(19(36)17(34)16(33)18(35)20(21)37)22(4-6(23)10(27)14(31)11(28)7(4)24)5-8(25)12(29)15(32)13(30)9(5)26/h2,19H,1,3H2. The van der Waals surface area contributed by atoms with Crippen molar-refractivity contribution in [2.45, 2.75) is 17.9 Å². The SMILES string of the molecule is C=CCC1(B(c2c(F)c(F)c(F)c(F)c2F)c2c(F)c(F)c(F)c(F)c2F)C(F)=C(F)C(F)=C(F)C1F. The van der Waals surface area contributed by atoms with Gasteiger partial charge in [-0.3, -0.25) is 0 Å². The zero-order valence-corrected chi connectivity index (χ0v) is 17.3. The Hall–Kier alpha value is -3.33. The number of allylic oxidation sites excluding steroid dienone is 5. The van der Waals surface area contributed by atoms with Crippen LogP contribution in [0.25, 0.3) is 0 Å². The summed E-state index contributed by atoms with van der Waals surface area (Å²) in [5, 5.41) is -4.28. The first-order valence-electron chi connectivity index (χ1n) is 9.48. The highest BCUT2D eigenvalue weighted by Crippen LogP contribution is 2.57. The second kappa shape index (κ2) is 9.52. The summed E-state index contributed by atoms with van der Waals surface area (Å²) >= 11 is 0. The molecule has 1 aliphatic carbocycles. The third-order valence-electron chi connectivity index (χ3n) is 5.74. The first-order chi connectivity index (χ1) is 17.1. The largest absolute Gasteiger partial charge is 0.243 e. The van der Waals surface area contributed by atoms with Gasteiger partial charge in [0.2, 0.25) is 6.71 Å². The lowest BCUT2D eigenvalue weighted by atomic mass is 9.24. The van der Waals surface area contributed by atoms with Crippen LogP contribution in [0.15, 0.2) is 36.0 Å². The third-order valence-corrected chi connectivity index (χ3v) is 5.74. The van der Waals surface area contributed by atoms with E-state index in [0.29, 0.717) is 0 Å². The number of rotatable bonds is 5. The van der Waals surface area contributed by atoms with E-state index in [-0.39, 0.29) is 6.08 Å². The molecule has 2 unspecified atom stereocenters. The highest BCUT2D eigenvalue weighted by atomic mass is 19.2. The Kier molecular flexibility index (Phi) is 7.27. The zero-order chi connectivity index (χ0) is 28.3. The molecule has 3 rings (SSSR count). The van der Waals surface area contributed by atoms with E-state index < -0.39 is 117 Å². The summed E-state index contributed by atoms with van der Waals surface area (Å²) in [5.41, 5.74) is -5.30. The van der Waals surface area contributed by atoms with Crippen molar-refractivity contribution in [2.75, 3.05) is 0 Å². The molecule has 16 heteroatoms. The summed E-state index contributed by atoms with van der Waals surface area (Å²) in [6, 6.07) is 0. The van der Waals surface area contributed by atoms with Crippen molar-refractivity contribution in [2.24, 2.45) is 0 Å². The Morgan fingerprint density at radius 1 is 0.568 bits per heavy atom. The van der Waals surface area contributed by atoms with E-state index in [1.807, 2.05) is 0 Å². The Labute approximate surface area is 196 Å². The first kappa shape index (κ1) is 28.2. The molecule has 2 aromatic rings. The van der Waals surface area contributed by atoms with Gasteiger partial charge in [-0.1, -0.05) is 6.08 Å². The van der Waals surface area contributed by atoms with Crippen molar-refractivity contribution >= 4 is 17.6 Å². The Balaban J connectivity index is 2.71. The van der Waals surface area contributed by atoms with Crippen LogP contribution >= 0.6 is 0 Å². The van der Waals surface area contributed by atoms with Gasteiger partial charge in [0.25, 0.3) is 0 Å². The normalized spacial score (nSPS) is 20.1. The molecule has 0 heterocycles. The van der Waals surface area contributed by atoms with Crippen LogP contribution in [0, 0.1) is 58.2 Å². The molecular weight excluding hydrogens is 548 g/mol. The lowest BCUT2D eigenvalue weighted by molar-refractivity contribution is 0.214. The molecule has 2 aromatic carbocycles. The average Bonchev–Trinajstić information content (AvgIpc) is 2.88. The van der Waals surface area contributed by atoms with Gasteiger partial charge in [-0.05, 0) is 6.42 Å². The van der Waals surface area contributed by atoms with Crippen LogP contribution in [-0.4, -0.2) is 12.9 Å². The molecule has 0 amide bonds. The van der Waals surface area contributed by atoms with E-state index in [0.717, 1.165) is 0 Å². The van der Waals surface area contributed by atoms with Gasteiger partial charge in [-0.15, -0.1) is 6.58 Å². The maximum absolute atomic E-state index is 15.3. The van der Waals surface area contributed by atoms with Gasteiger partial charge in [0.15, 0.2) is 81.8 Å². The molecule has 0 fully saturated rings. The van der Waals surface area contributed by atoms with Gasteiger partial charge in [0, 0.05) is 10.9 Å². The van der Waals surface area contributed by atoms with Crippen LogP contribution < -0.4 is 10.9 Å². The van der Waals surface area contributed by atoms with Gasteiger partial charge in [-0.2, -0.15) is 0 Å². The Bertz CT molecular complexity index is 1270. The monoisotopic (exact) mass is 554 g/mol. The van der Waals surface area contributed by atoms with Crippen molar-refractivity contribution in [1.29, 1.82) is 0 Å². The van der Waals surface area contributed by atoms with E-state index >= 15 is 8.78 Å². The Morgan fingerprint density at radius 3 is 1.22 bits per heavy atom. The highest BCUT2D eigenvalue weighted by molar-refractivity contribution is 6.88. The van der Waals surface area contributed by atoms with E-state index in [1.165, 1.54) is 0 Å². The minimum Gasteiger partial charge on any atom is -0.239 e. The van der Waals surface area contributed by atoms with Crippen LogP contribution in [0.5, 0.6) is 0 Å². The predicted octanol–water partition coefficient (Wildman–Crippen LogP) is 6.66. The number of halogens is 15. The van der Waals surface area contributed by atoms with Crippen LogP contribution in [0.1, 0.15) is 6.42 Å². The molecule has 1 aliphatic rings. The van der Waals surface area contributed by atoms with E-state index in [9.17, 15) is 57.1 Å². The van der Waals surface area contributed by atoms with Gasteiger partial charge in [-0.25, -0.2) is 65.9 Å². The summed E-state index contributed by atoms with van der Waals surface area (Å²) in [6.45, 7) is -1.05. The summed E-state index contributed by atoms with van der Waals surface area (Å²) in [6.07, 6.45) is -5.63. The molecule has 0 bridgehead atoms. The molecule has 0 aromatic heterocycles.